The Kier molecular flexibility index (Phi) is 3.13. The van der Waals surface area contributed by atoms with Crippen LogP contribution < -0.4 is 4.74 Å². The SMILES string of the molecule is COC(=O)[C@H]1C(=O)CCc2cc(OC)ccc21. The van der Waals surface area contributed by atoms with Crippen molar-refractivity contribution in [1.29, 1.82) is 0 Å². The Morgan fingerprint density at radius 3 is 2.71 bits per heavy atom. The fourth-order valence-corrected chi connectivity index (χ4v) is 2.16. The molecule has 0 spiro atoms. The van der Waals surface area contributed by atoms with Gasteiger partial charge in [0.25, 0.3) is 0 Å². The van der Waals surface area contributed by atoms with Gasteiger partial charge in [0.15, 0.2) is 5.78 Å². The lowest BCUT2D eigenvalue weighted by molar-refractivity contribution is -0.146. The third-order valence-corrected chi connectivity index (χ3v) is 3.06. The molecule has 0 heterocycles. The van der Waals surface area contributed by atoms with Gasteiger partial charge in [0.05, 0.1) is 14.2 Å². The molecular weight excluding hydrogens is 220 g/mol. The van der Waals surface area contributed by atoms with Gasteiger partial charge in [0.2, 0.25) is 0 Å². The molecule has 4 nitrogen and oxygen atoms in total. The van der Waals surface area contributed by atoms with E-state index in [9.17, 15) is 9.59 Å². The van der Waals surface area contributed by atoms with Crippen LogP contribution in [0.4, 0.5) is 0 Å². The van der Waals surface area contributed by atoms with Gasteiger partial charge in [-0.2, -0.15) is 0 Å². The van der Waals surface area contributed by atoms with E-state index >= 15 is 0 Å². The predicted molar refractivity (Wildman–Crippen MR) is 61.1 cm³/mol. The molecule has 0 amide bonds. The summed E-state index contributed by atoms with van der Waals surface area (Å²) in [4.78, 5) is 23.4. The minimum Gasteiger partial charge on any atom is -0.497 e. The standard InChI is InChI=1S/C13H14O4/c1-16-9-4-5-10-8(7-9)3-6-11(14)12(10)13(15)17-2/h4-5,7,12H,3,6H2,1-2H3/t12-/m1/s1. The molecule has 0 saturated carbocycles. The monoisotopic (exact) mass is 234 g/mol. The summed E-state index contributed by atoms with van der Waals surface area (Å²) in [5.74, 6) is -0.591. The van der Waals surface area contributed by atoms with E-state index in [-0.39, 0.29) is 5.78 Å². The summed E-state index contributed by atoms with van der Waals surface area (Å²) in [6, 6.07) is 5.40. The maximum atomic E-state index is 11.8. The van der Waals surface area contributed by atoms with Crippen molar-refractivity contribution in [1.82, 2.24) is 0 Å². The second kappa shape index (κ2) is 4.57. The van der Waals surface area contributed by atoms with Crippen molar-refractivity contribution in [2.24, 2.45) is 0 Å². The van der Waals surface area contributed by atoms with Crippen molar-refractivity contribution in [2.45, 2.75) is 18.8 Å². The average Bonchev–Trinajstić information content (AvgIpc) is 2.37. The highest BCUT2D eigenvalue weighted by molar-refractivity contribution is 6.05. The van der Waals surface area contributed by atoms with Crippen LogP contribution in [0.15, 0.2) is 18.2 Å². The molecule has 1 atom stereocenters. The maximum absolute atomic E-state index is 11.8. The minimum absolute atomic E-state index is 0.0745. The number of rotatable bonds is 2. The molecular formula is C13H14O4. The number of Topliss-reactive ketones (excluding diaryl/α,β-unsaturated/α-hetero) is 1. The fraction of sp³-hybridized carbons (Fsp3) is 0.385. The van der Waals surface area contributed by atoms with Gasteiger partial charge in [-0.05, 0) is 29.7 Å². The van der Waals surface area contributed by atoms with Crippen molar-refractivity contribution in [3.8, 4) is 5.75 Å². The summed E-state index contributed by atoms with van der Waals surface area (Å²) in [7, 11) is 2.89. The lowest BCUT2D eigenvalue weighted by atomic mass is 9.82. The Morgan fingerprint density at radius 2 is 2.06 bits per heavy atom. The number of benzene rings is 1. The Labute approximate surface area is 99.5 Å². The fourth-order valence-electron chi connectivity index (χ4n) is 2.16. The van der Waals surface area contributed by atoms with Crippen LogP contribution in [0.2, 0.25) is 0 Å². The van der Waals surface area contributed by atoms with Crippen LogP contribution in [0, 0.1) is 0 Å². The van der Waals surface area contributed by atoms with E-state index in [1.165, 1.54) is 7.11 Å². The maximum Gasteiger partial charge on any atom is 0.320 e. The second-order valence-electron chi connectivity index (χ2n) is 3.99. The second-order valence-corrected chi connectivity index (χ2v) is 3.99. The van der Waals surface area contributed by atoms with Crippen LogP contribution in [-0.4, -0.2) is 26.0 Å². The number of carbonyl (C=O) groups is 2. The van der Waals surface area contributed by atoms with Gasteiger partial charge in [-0.1, -0.05) is 6.07 Å². The van der Waals surface area contributed by atoms with Crippen molar-refractivity contribution >= 4 is 11.8 Å². The van der Waals surface area contributed by atoms with Crippen molar-refractivity contribution in [3.05, 3.63) is 29.3 Å². The summed E-state index contributed by atoms with van der Waals surface area (Å²) in [5.41, 5.74) is 1.73. The summed E-state index contributed by atoms with van der Waals surface area (Å²) >= 11 is 0. The first-order valence-corrected chi connectivity index (χ1v) is 5.44. The Morgan fingerprint density at radius 1 is 1.29 bits per heavy atom. The molecule has 1 aliphatic carbocycles. The highest BCUT2D eigenvalue weighted by atomic mass is 16.5. The number of methoxy groups -OCH3 is 2. The van der Waals surface area contributed by atoms with Gasteiger partial charge in [-0.3, -0.25) is 9.59 Å². The van der Waals surface area contributed by atoms with E-state index in [0.29, 0.717) is 12.8 Å². The molecule has 2 rings (SSSR count). The van der Waals surface area contributed by atoms with Crippen molar-refractivity contribution in [3.63, 3.8) is 0 Å². The zero-order chi connectivity index (χ0) is 12.4. The molecule has 0 aliphatic heterocycles. The Hall–Kier alpha value is -1.84. The van der Waals surface area contributed by atoms with E-state index < -0.39 is 11.9 Å². The minimum atomic E-state index is -0.769. The number of ketones is 1. The van der Waals surface area contributed by atoms with Crippen LogP contribution in [-0.2, 0) is 20.7 Å². The number of carbonyl (C=O) groups excluding carboxylic acids is 2. The smallest absolute Gasteiger partial charge is 0.320 e. The van der Waals surface area contributed by atoms with E-state index in [4.69, 9.17) is 4.74 Å². The lowest BCUT2D eigenvalue weighted by Crippen LogP contribution is -2.28. The van der Waals surface area contributed by atoms with E-state index in [1.807, 2.05) is 6.07 Å². The summed E-state index contributed by atoms with van der Waals surface area (Å²) < 4.78 is 9.81. The highest BCUT2D eigenvalue weighted by Gasteiger charge is 2.34. The van der Waals surface area contributed by atoms with Gasteiger partial charge in [0.1, 0.15) is 11.7 Å². The third kappa shape index (κ3) is 2.02. The zero-order valence-corrected chi connectivity index (χ0v) is 9.86. The Bertz CT molecular complexity index is 464. The van der Waals surface area contributed by atoms with Crippen LogP contribution >= 0.6 is 0 Å². The van der Waals surface area contributed by atoms with Crippen molar-refractivity contribution in [2.75, 3.05) is 14.2 Å². The topological polar surface area (TPSA) is 52.6 Å². The molecule has 1 aliphatic rings. The Balaban J connectivity index is 2.45. The van der Waals surface area contributed by atoms with Crippen LogP contribution in [0.1, 0.15) is 23.5 Å². The predicted octanol–water partition coefficient (Wildman–Crippen LogP) is 1.47. The summed E-state index contributed by atoms with van der Waals surface area (Å²) in [6.07, 6.45) is 1.03. The molecule has 0 fully saturated rings. The summed E-state index contributed by atoms with van der Waals surface area (Å²) in [6.45, 7) is 0. The lowest BCUT2D eigenvalue weighted by Gasteiger charge is -2.22. The van der Waals surface area contributed by atoms with Gasteiger partial charge in [0, 0.05) is 6.42 Å². The molecule has 1 aromatic rings. The molecule has 90 valence electrons. The largest absolute Gasteiger partial charge is 0.497 e. The highest BCUT2D eigenvalue weighted by Crippen LogP contribution is 2.32. The molecule has 0 saturated heterocycles. The van der Waals surface area contributed by atoms with Crippen LogP contribution in [0.3, 0.4) is 0 Å². The third-order valence-electron chi connectivity index (χ3n) is 3.06. The number of hydrogen-bond donors (Lipinski definition) is 0. The molecule has 0 unspecified atom stereocenters. The number of aryl methyl sites for hydroxylation is 1. The quantitative estimate of drug-likeness (QED) is 0.574. The first-order chi connectivity index (χ1) is 8.17. The van der Waals surface area contributed by atoms with Gasteiger partial charge < -0.3 is 9.47 Å². The number of fused-ring (bicyclic) bond motifs is 1. The van der Waals surface area contributed by atoms with E-state index in [0.717, 1.165) is 16.9 Å². The van der Waals surface area contributed by atoms with Gasteiger partial charge in [-0.15, -0.1) is 0 Å². The number of ether oxygens (including phenoxy) is 2. The molecule has 17 heavy (non-hydrogen) atoms. The number of hydrogen-bond acceptors (Lipinski definition) is 4. The zero-order valence-electron chi connectivity index (χ0n) is 9.86. The molecule has 0 radical (unpaired) electrons. The first kappa shape index (κ1) is 11.6. The molecule has 0 N–H and O–H groups in total. The van der Waals surface area contributed by atoms with Gasteiger partial charge >= 0.3 is 5.97 Å². The van der Waals surface area contributed by atoms with Crippen LogP contribution in [0.5, 0.6) is 5.75 Å². The molecule has 1 aromatic carbocycles. The number of esters is 1. The normalized spacial score (nSPS) is 18.5. The molecule has 0 bridgehead atoms. The van der Waals surface area contributed by atoms with Crippen molar-refractivity contribution < 1.29 is 19.1 Å². The van der Waals surface area contributed by atoms with Crippen LogP contribution in [0.25, 0.3) is 0 Å². The van der Waals surface area contributed by atoms with E-state index in [1.54, 1.807) is 19.2 Å². The first-order valence-electron chi connectivity index (χ1n) is 5.44. The van der Waals surface area contributed by atoms with E-state index in [2.05, 4.69) is 4.74 Å². The van der Waals surface area contributed by atoms with Gasteiger partial charge in [-0.25, -0.2) is 0 Å². The molecule has 0 aromatic heterocycles. The summed E-state index contributed by atoms with van der Waals surface area (Å²) in [5, 5.41) is 0. The molecule has 4 heteroatoms. The average molecular weight is 234 g/mol.